The summed E-state index contributed by atoms with van der Waals surface area (Å²) in [4.78, 5) is 20.6. The first kappa shape index (κ1) is 15.1. The van der Waals surface area contributed by atoms with Gasteiger partial charge in [0.2, 0.25) is 0 Å². The predicted molar refractivity (Wildman–Crippen MR) is 94.3 cm³/mol. The van der Waals surface area contributed by atoms with Crippen molar-refractivity contribution in [2.75, 3.05) is 13.1 Å². The Morgan fingerprint density at radius 1 is 1.28 bits per heavy atom. The van der Waals surface area contributed by atoms with Gasteiger partial charge in [-0.2, -0.15) is 0 Å². The molecule has 1 atom stereocenters. The molecular weight excluding hydrogens is 336 g/mol. The van der Waals surface area contributed by atoms with Gasteiger partial charge in [-0.05, 0) is 33.1 Å². The van der Waals surface area contributed by atoms with E-state index in [0.29, 0.717) is 24.1 Å². The molecule has 1 saturated heterocycles. The van der Waals surface area contributed by atoms with Crippen LogP contribution in [0.2, 0.25) is 0 Å². The van der Waals surface area contributed by atoms with E-state index in [0.717, 1.165) is 43.1 Å². The smallest absolute Gasteiger partial charge is 0.276 e. The highest BCUT2D eigenvalue weighted by Crippen LogP contribution is 2.40. The van der Waals surface area contributed by atoms with Crippen LogP contribution in [0.15, 0.2) is 16.0 Å². The second kappa shape index (κ2) is 5.42. The number of hydrogen-bond acceptors (Lipinski definition) is 5. The van der Waals surface area contributed by atoms with Crippen molar-refractivity contribution < 1.29 is 9.32 Å². The maximum Gasteiger partial charge on any atom is 0.276 e. The standard InChI is InChI=1S/C18H20N4O2S/c1-10-9-25-18-16(19-11(2)22(10)18)13-5-6-21(8-13)17(23)14-7-15(24-20-14)12-3-4-12/h7,9,12-13H,3-6,8H2,1-2H3/t13-/m0/s1. The Morgan fingerprint density at radius 2 is 2.12 bits per heavy atom. The van der Waals surface area contributed by atoms with E-state index in [-0.39, 0.29) is 5.91 Å². The lowest BCUT2D eigenvalue weighted by Crippen LogP contribution is -2.28. The Balaban J connectivity index is 1.37. The van der Waals surface area contributed by atoms with Gasteiger partial charge in [0.1, 0.15) is 16.4 Å². The van der Waals surface area contributed by atoms with Gasteiger partial charge >= 0.3 is 0 Å². The maximum atomic E-state index is 12.7. The van der Waals surface area contributed by atoms with Crippen LogP contribution in [0.5, 0.6) is 0 Å². The van der Waals surface area contributed by atoms with Crippen molar-refractivity contribution >= 4 is 22.1 Å². The topological polar surface area (TPSA) is 63.6 Å². The second-order valence-corrected chi connectivity index (χ2v) is 8.05. The summed E-state index contributed by atoms with van der Waals surface area (Å²) < 4.78 is 7.55. The molecule has 0 radical (unpaired) electrons. The zero-order valence-electron chi connectivity index (χ0n) is 14.4. The number of likely N-dealkylation sites (tertiary alicyclic amines) is 1. The summed E-state index contributed by atoms with van der Waals surface area (Å²) in [5, 5.41) is 6.16. The molecule has 4 heterocycles. The van der Waals surface area contributed by atoms with Gasteiger partial charge in [-0.15, -0.1) is 11.3 Å². The molecule has 3 aromatic rings. The van der Waals surface area contributed by atoms with Crippen LogP contribution in [-0.2, 0) is 0 Å². The molecule has 6 nitrogen and oxygen atoms in total. The van der Waals surface area contributed by atoms with Gasteiger partial charge in [-0.1, -0.05) is 5.16 Å². The minimum atomic E-state index is -0.0207. The number of fused-ring (bicyclic) bond motifs is 1. The Labute approximate surface area is 149 Å². The van der Waals surface area contributed by atoms with E-state index in [9.17, 15) is 4.79 Å². The maximum absolute atomic E-state index is 12.7. The van der Waals surface area contributed by atoms with Crippen LogP contribution in [0, 0.1) is 13.8 Å². The summed E-state index contributed by atoms with van der Waals surface area (Å²) in [7, 11) is 0. The Bertz CT molecular complexity index is 965. The first-order valence-corrected chi connectivity index (χ1v) is 9.68. The number of aromatic nitrogens is 3. The van der Waals surface area contributed by atoms with Crippen molar-refractivity contribution in [3.63, 3.8) is 0 Å². The molecule has 0 N–H and O–H groups in total. The van der Waals surface area contributed by atoms with Crippen molar-refractivity contribution in [3.05, 3.63) is 40.1 Å². The van der Waals surface area contributed by atoms with Crippen molar-refractivity contribution in [2.24, 2.45) is 0 Å². The number of amides is 1. The summed E-state index contributed by atoms with van der Waals surface area (Å²) in [6.45, 7) is 5.60. The van der Waals surface area contributed by atoms with E-state index < -0.39 is 0 Å². The first-order valence-electron chi connectivity index (χ1n) is 8.80. The molecule has 0 unspecified atom stereocenters. The molecular formula is C18H20N4O2S. The Kier molecular flexibility index (Phi) is 3.28. The summed E-state index contributed by atoms with van der Waals surface area (Å²) in [6.07, 6.45) is 3.23. The van der Waals surface area contributed by atoms with Crippen LogP contribution in [0.4, 0.5) is 0 Å². The number of aryl methyl sites for hydroxylation is 2. The van der Waals surface area contributed by atoms with Crippen LogP contribution < -0.4 is 0 Å². The summed E-state index contributed by atoms with van der Waals surface area (Å²) in [5.74, 6) is 2.64. The molecule has 7 heteroatoms. The fraction of sp³-hybridized carbons (Fsp3) is 0.500. The summed E-state index contributed by atoms with van der Waals surface area (Å²) in [6, 6.07) is 1.83. The molecule has 2 aliphatic rings. The van der Waals surface area contributed by atoms with E-state index in [2.05, 4.69) is 21.9 Å². The number of hydrogen-bond donors (Lipinski definition) is 0. The SMILES string of the molecule is Cc1csc2c([C@H]3CCN(C(=O)c4cc(C5CC5)on4)C3)nc(C)n12. The quantitative estimate of drug-likeness (QED) is 0.720. The molecule has 130 valence electrons. The van der Waals surface area contributed by atoms with Gasteiger partial charge in [-0.25, -0.2) is 4.98 Å². The van der Waals surface area contributed by atoms with Gasteiger partial charge in [0.25, 0.3) is 5.91 Å². The average Bonchev–Trinajstić information content (AvgIpc) is 3.01. The van der Waals surface area contributed by atoms with Crippen molar-refractivity contribution in [1.29, 1.82) is 0 Å². The molecule has 1 aliphatic carbocycles. The third-order valence-corrected chi connectivity index (χ3v) is 6.39. The van der Waals surface area contributed by atoms with Gasteiger partial charge in [0.15, 0.2) is 5.69 Å². The van der Waals surface area contributed by atoms with Crippen molar-refractivity contribution in [2.45, 2.75) is 44.9 Å². The number of nitrogens with zero attached hydrogens (tertiary/aromatic N) is 4. The highest BCUT2D eigenvalue weighted by Gasteiger charge is 2.34. The zero-order chi connectivity index (χ0) is 17.1. The number of imidazole rings is 1. The van der Waals surface area contributed by atoms with Gasteiger partial charge in [-0.3, -0.25) is 9.20 Å². The number of carbonyl (C=O) groups is 1. The van der Waals surface area contributed by atoms with E-state index in [1.807, 2.05) is 17.9 Å². The van der Waals surface area contributed by atoms with Crippen molar-refractivity contribution in [1.82, 2.24) is 19.4 Å². The predicted octanol–water partition coefficient (Wildman–Crippen LogP) is 3.51. The van der Waals surface area contributed by atoms with Crippen molar-refractivity contribution in [3.8, 4) is 0 Å². The highest BCUT2D eigenvalue weighted by molar-refractivity contribution is 7.15. The molecule has 3 aromatic heterocycles. The monoisotopic (exact) mass is 356 g/mol. The molecule has 0 spiro atoms. The van der Waals surface area contributed by atoms with E-state index in [4.69, 9.17) is 9.51 Å². The summed E-state index contributed by atoms with van der Waals surface area (Å²) >= 11 is 1.74. The first-order chi connectivity index (χ1) is 12.1. The Morgan fingerprint density at radius 3 is 2.92 bits per heavy atom. The lowest BCUT2D eigenvalue weighted by Gasteiger charge is -2.14. The molecule has 1 saturated carbocycles. The highest BCUT2D eigenvalue weighted by atomic mass is 32.1. The van der Waals surface area contributed by atoms with E-state index in [1.54, 1.807) is 11.3 Å². The summed E-state index contributed by atoms with van der Waals surface area (Å²) in [5.41, 5.74) is 2.79. The largest absolute Gasteiger partial charge is 0.360 e. The van der Waals surface area contributed by atoms with Gasteiger partial charge in [0.05, 0.1) is 5.69 Å². The fourth-order valence-electron chi connectivity index (χ4n) is 3.80. The molecule has 25 heavy (non-hydrogen) atoms. The minimum Gasteiger partial charge on any atom is -0.360 e. The molecule has 1 aliphatic heterocycles. The zero-order valence-corrected chi connectivity index (χ0v) is 15.2. The molecule has 0 aromatic carbocycles. The minimum absolute atomic E-state index is 0.0207. The van der Waals surface area contributed by atoms with Crippen LogP contribution in [-0.4, -0.2) is 38.4 Å². The number of carbonyl (C=O) groups excluding carboxylic acids is 1. The van der Waals surface area contributed by atoms with Gasteiger partial charge < -0.3 is 9.42 Å². The number of rotatable bonds is 3. The second-order valence-electron chi connectivity index (χ2n) is 7.19. The number of thiazole rings is 1. The van der Waals surface area contributed by atoms with Crippen LogP contribution in [0.1, 0.15) is 64.6 Å². The normalized spacial score (nSPS) is 20.7. The van der Waals surface area contributed by atoms with E-state index >= 15 is 0 Å². The Hall–Kier alpha value is -2.15. The molecule has 1 amide bonds. The fourth-order valence-corrected chi connectivity index (χ4v) is 4.90. The lowest BCUT2D eigenvalue weighted by atomic mass is 10.1. The third-order valence-electron chi connectivity index (χ3n) is 5.31. The molecule has 5 rings (SSSR count). The lowest BCUT2D eigenvalue weighted by molar-refractivity contribution is 0.0780. The van der Waals surface area contributed by atoms with Crippen LogP contribution in [0.25, 0.3) is 4.83 Å². The average molecular weight is 356 g/mol. The molecule has 0 bridgehead atoms. The van der Waals surface area contributed by atoms with Crippen LogP contribution >= 0.6 is 11.3 Å². The molecule has 2 fully saturated rings. The third kappa shape index (κ3) is 2.40. The van der Waals surface area contributed by atoms with Crippen LogP contribution in [0.3, 0.4) is 0 Å². The van der Waals surface area contributed by atoms with Gasteiger partial charge in [0, 0.05) is 42.1 Å². The van der Waals surface area contributed by atoms with E-state index in [1.165, 1.54) is 10.5 Å².